The SMILES string of the molecule is COc1cc(/C=C\C(=O)[C@H]2C(=O)C=C(C)OC2=O)cc2c1OCCO2. The Labute approximate surface area is 143 Å². The number of carbonyl (C=O) groups is 3. The van der Waals surface area contributed by atoms with Crippen molar-refractivity contribution in [2.45, 2.75) is 6.92 Å². The summed E-state index contributed by atoms with van der Waals surface area (Å²) in [7, 11) is 1.50. The highest BCUT2D eigenvalue weighted by molar-refractivity contribution is 6.25. The van der Waals surface area contributed by atoms with E-state index in [0.717, 1.165) is 6.08 Å². The van der Waals surface area contributed by atoms with Gasteiger partial charge in [0.1, 0.15) is 19.0 Å². The highest BCUT2D eigenvalue weighted by Gasteiger charge is 2.36. The summed E-state index contributed by atoms with van der Waals surface area (Å²) < 4.78 is 21.1. The van der Waals surface area contributed by atoms with Crippen molar-refractivity contribution in [1.82, 2.24) is 0 Å². The first-order valence-electron chi connectivity index (χ1n) is 7.63. The molecule has 0 saturated heterocycles. The molecule has 0 spiro atoms. The lowest BCUT2D eigenvalue weighted by molar-refractivity contribution is -0.151. The Bertz CT molecular complexity index is 787. The summed E-state index contributed by atoms with van der Waals surface area (Å²) in [6.45, 7) is 2.32. The lowest BCUT2D eigenvalue weighted by atomic mass is 9.96. The predicted octanol–water partition coefficient (Wildman–Crippen LogP) is 1.69. The molecule has 7 nitrogen and oxygen atoms in total. The Hall–Kier alpha value is -3.09. The summed E-state index contributed by atoms with van der Waals surface area (Å²) >= 11 is 0. The van der Waals surface area contributed by atoms with Gasteiger partial charge in [0.2, 0.25) is 5.75 Å². The maximum atomic E-state index is 12.2. The first-order valence-corrected chi connectivity index (χ1v) is 7.63. The maximum absolute atomic E-state index is 12.2. The molecule has 1 atom stereocenters. The highest BCUT2D eigenvalue weighted by Crippen LogP contribution is 2.40. The predicted molar refractivity (Wildman–Crippen MR) is 86.4 cm³/mol. The largest absolute Gasteiger partial charge is 0.493 e. The number of ketones is 2. The Morgan fingerprint density at radius 3 is 2.72 bits per heavy atom. The maximum Gasteiger partial charge on any atom is 0.329 e. The minimum atomic E-state index is -1.46. The molecule has 2 aliphatic heterocycles. The van der Waals surface area contributed by atoms with Gasteiger partial charge in [-0.1, -0.05) is 6.08 Å². The van der Waals surface area contributed by atoms with Gasteiger partial charge >= 0.3 is 5.97 Å². The van der Waals surface area contributed by atoms with Gasteiger partial charge < -0.3 is 18.9 Å². The van der Waals surface area contributed by atoms with E-state index in [1.165, 1.54) is 26.2 Å². The second-order valence-corrected chi connectivity index (χ2v) is 5.49. The van der Waals surface area contributed by atoms with Gasteiger partial charge in [0.15, 0.2) is 29.0 Å². The topological polar surface area (TPSA) is 88.1 Å². The molecule has 0 unspecified atom stereocenters. The quantitative estimate of drug-likeness (QED) is 0.466. The average molecular weight is 344 g/mol. The number of fused-ring (bicyclic) bond motifs is 1. The monoisotopic (exact) mass is 344 g/mol. The smallest absolute Gasteiger partial charge is 0.329 e. The molecule has 1 aromatic rings. The van der Waals surface area contributed by atoms with Crippen molar-refractivity contribution in [2.75, 3.05) is 20.3 Å². The summed E-state index contributed by atoms with van der Waals surface area (Å²) in [5, 5.41) is 0. The molecule has 3 rings (SSSR count). The second kappa shape index (κ2) is 6.80. The van der Waals surface area contributed by atoms with Crippen LogP contribution in [-0.2, 0) is 19.1 Å². The van der Waals surface area contributed by atoms with Crippen LogP contribution >= 0.6 is 0 Å². The van der Waals surface area contributed by atoms with Crippen LogP contribution in [0.3, 0.4) is 0 Å². The Balaban J connectivity index is 1.83. The molecule has 0 amide bonds. The number of cyclic esters (lactones) is 1. The van der Waals surface area contributed by atoms with Gasteiger partial charge in [-0.25, -0.2) is 0 Å². The molecule has 0 fully saturated rings. The normalized spacial score (nSPS) is 19.4. The molecule has 0 aromatic heterocycles. The zero-order valence-corrected chi connectivity index (χ0v) is 13.7. The summed E-state index contributed by atoms with van der Waals surface area (Å²) in [6.07, 6.45) is 3.79. The first-order chi connectivity index (χ1) is 12.0. The fourth-order valence-electron chi connectivity index (χ4n) is 2.57. The summed E-state index contributed by atoms with van der Waals surface area (Å²) in [4.78, 5) is 35.9. The van der Waals surface area contributed by atoms with Crippen molar-refractivity contribution in [3.05, 3.63) is 35.6 Å². The molecule has 0 bridgehead atoms. The minimum absolute atomic E-state index is 0.180. The van der Waals surface area contributed by atoms with E-state index >= 15 is 0 Å². The van der Waals surface area contributed by atoms with E-state index < -0.39 is 23.5 Å². The number of rotatable bonds is 4. The van der Waals surface area contributed by atoms with Crippen LogP contribution in [0.5, 0.6) is 17.2 Å². The van der Waals surface area contributed by atoms with Crippen molar-refractivity contribution in [2.24, 2.45) is 5.92 Å². The van der Waals surface area contributed by atoms with Crippen LogP contribution in [0.1, 0.15) is 12.5 Å². The summed E-state index contributed by atoms with van der Waals surface area (Å²) in [5.74, 6) is -1.89. The molecule has 7 heteroatoms. The van der Waals surface area contributed by atoms with Crippen LogP contribution in [-0.4, -0.2) is 37.9 Å². The zero-order chi connectivity index (χ0) is 18.0. The van der Waals surface area contributed by atoms with Gasteiger partial charge in [-0.05, 0) is 30.7 Å². The molecule has 0 N–H and O–H groups in total. The number of allylic oxidation sites excluding steroid dienone is 3. The van der Waals surface area contributed by atoms with Crippen molar-refractivity contribution < 1.29 is 33.3 Å². The molecule has 25 heavy (non-hydrogen) atoms. The van der Waals surface area contributed by atoms with Crippen LogP contribution in [0.4, 0.5) is 0 Å². The lowest BCUT2D eigenvalue weighted by Crippen LogP contribution is -2.34. The van der Waals surface area contributed by atoms with E-state index in [9.17, 15) is 14.4 Å². The Kier molecular flexibility index (Phi) is 4.56. The summed E-state index contributed by atoms with van der Waals surface area (Å²) in [5.41, 5.74) is 0.609. The van der Waals surface area contributed by atoms with Crippen molar-refractivity contribution in [3.63, 3.8) is 0 Å². The van der Waals surface area contributed by atoms with Crippen LogP contribution < -0.4 is 14.2 Å². The van der Waals surface area contributed by atoms with Crippen LogP contribution in [0.15, 0.2) is 30.0 Å². The molecule has 130 valence electrons. The van der Waals surface area contributed by atoms with E-state index in [0.29, 0.717) is 36.0 Å². The number of hydrogen-bond donors (Lipinski definition) is 0. The third-order valence-corrected chi connectivity index (χ3v) is 3.70. The highest BCUT2D eigenvalue weighted by atomic mass is 16.6. The molecule has 0 saturated carbocycles. The van der Waals surface area contributed by atoms with Gasteiger partial charge in [-0.3, -0.25) is 14.4 Å². The van der Waals surface area contributed by atoms with Crippen LogP contribution in [0.25, 0.3) is 6.08 Å². The number of hydrogen-bond acceptors (Lipinski definition) is 7. The van der Waals surface area contributed by atoms with Gasteiger partial charge in [0, 0.05) is 6.08 Å². The Morgan fingerprint density at radius 2 is 2.00 bits per heavy atom. The molecule has 1 aromatic carbocycles. The number of methoxy groups -OCH3 is 1. The van der Waals surface area contributed by atoms with Crippen LogP contribution in [0.2, 0.25) is 0 Å². The van der Waals surface area contributed by atoms with E-state index in [2.05, 4.69) is 0 Å². The van der Waals surface area contributed by atoms with Gasteiger partial charge in [-0.15, -0.1) is 0 Å². The fourth-order valence-corrected chi connectivity index (χ4v) is 2.57. The van der Waals surface area contributed by atoms with Gasteiger partial charge in [-0.2, -0.15) is 0 Å². The third-order valence-electron chi connectivity index (χ3n) is 3.70. The van der Waals surface area contributed by atoms with E-state index in [1.54, 1.807) is 12.1 Å². The first kappa shape index (κ1) is 16.8. The van der Waals surface area contributed by atoms with Gasteiger partial charge in [0.05, 0.1) is 7.11 Å². The molecule has 2 aliphatic rings. The average Bonchev–Trinajstić information content (AvgIpc) is 2.58. The minimum Gasteiger partial charge on any atom is -0.493 e. The molecule has 2 heterocycles. The summed E-state index contributed by atoms with van der Waals surface area (Å²) in [6, 6.07) is 3.36. The third kappa shape index (κ3) is 3.40. The van der Waals surface area contributed by atoms with Crippen molar-refractivity contribution in [3.8, 4) is 17.2 Å². The van der Waals surface area contributed by atoms with Crippen molar-refractivity contribution >= 4 is 23.6 Å². The van der Waals surface area contributed by atoms with Crippen LogP contribution in [0, 0.1) is 5.92 Å². The van der Waals surface area contributed by atoms with Crippen molar-refractivity contribution in [1.29, 1.82) is 0 Å². The number of esters is 1. The second-order valence-electron chi connectivity index (χ2n) is 5.49. The molecular formula is C18H16O7. The molecule has 0 aliphatic carbocycles. The number of benzene rings is 1. The molecule has 0 radical (unpaired) electrons. The zero-order valence-electron chi connectivity index (χ0n) is 13.7. The Morgan fingerprint density at radius 1 is 1.24 bits per heavy atom. The van der Waals surface area contributed by atoms with Gasteiger partial charge in [0.25, 0.3) is 0 Å². The van der Waals surface area contributed by atoms with E-state index in [-0.39, 0.29) is 5.76 Å². The number of ether oxygens (including phenoxy) is 4. The fraction of sp³-hybridized carbons (Fsp3) is 0.278. The number of carbonyl (C=O) groups excluding carboxylic acids is 3. The molecular weight excluding hydrogens is 328 g/mol. The standard InChI is InChI=1S/C18H16O7/c1-10-7-13(20)16(18(21)25-10)12(19)4-3-11-8-14(22-2)17-15(9-11)23-5-6-24-17/h3-4,7-9,16H,5-6H2,1-2H3/b4-3-/t16-/m0/s1. The van der Waals surface area contributed by atoms with E-state index in [1.807, 2.05) is 0 Å². The lowest BCUT2D eigenvalue weighted by Gasteiger charge is -2.21. The van der Waals surface area contributed by atoms with E-state index in [4.69, 9.17) is 18.9 Å².